The third-order valence-electron chi connectivity index (χ3n) is 12.2. The van der Waals surface area contributed by atoms with Crippen molar-refractivity contribution in [3.63, 3.8) is 0 Å². The van der Waals surface area contributed by atoms with Crippen LogP contribution >= 0.6 is 82.1 Å². The first kappa shape index (κ1) is 65.3. The van der Waals surface area contributed by atoms with Crippen molar-refractivity contribution in [3.8, 4) is 51.2 Å². The molecule has 0 fully saturated rings. The van der Waals surface area contributed by atoms with Crippen LogP contribution in [0.2, 0.25) is 20.1 Å². The first-order chi connectivity index (χ1) is 38.3. The maximum absolute atomic E-state index is 13.1. The Kier molecular flexibility index (Phi) is 22.8. The van der Waals surface area contributed by atoms with Crippen LogP contribution in [0.25, 0.3) is 22.5 Å². The molecule has 435 valence electrons. The summed E-state index contributed by atoms with van der Waals surface area (Å²) in [6.45, 7) is 0.468. The molecular formula is C50H51BBrCl4N8O14P2S2. The molecule has 8 aromatic rings. The van der Waals surface area contributed by atoms with E-state index in [-0.39, 0.29) is 75.2 Å². The van der Waals surface area contributed by atoms with Crippen LogP contribution in [0.1, 0.15) is 22.5 Å². The third-order valence-corrected chi connectivity index (χ3v) is 17.3. The minimum absolute atomic E-state index is 0. The SMILES string of the molecule is COc1cc(-c2cc(OC)c(-n3c4c(ccc3=O)CN(S(=O)(=O)Nc3ccon3)CC4)cc2Cl)ccc1Cl.COc1cc(Br)c(Cl)cc1-n1c2c(ccc1=O)CN(S(=O)(=O)Nc1ccon1)CC2.COc1cc(O[B]O)ccc1Cl.P.P. The van der Waals surface area contributed by atoms with Crippen molar-refractivity contribution < 1.29 is 54.5 Å². The average molecular weight is 1350 g/mol. The van der Waals surface area contributed by atoms with E-state index in [1.165, 1.54) is 83.0 Å². The minimum Gasteiger partial charge on any atom is -0.537 e. The predicted octanol–water partition coefficient (Wildman–Crippen LogP) is 8.87. The summed E-state index contributed by atoms with van der Waals surface area (Å²) in [5.74, 6) is 2.53. The zero-order chi connectivity index (χ0) is 57.5. The maximum Gasteiger partial charge on any atom is 0.569 e. The highest BCUT2D eigenvalue weighted by molar-refractivity contribution is 9.10. The monoisotopic (exact) mass is 1340 g/mol. The van der Waals surface area contributed by atoms with E-state index in [0.29, 0.717) is 107 Å². The lowest BCUT2D eigenvalue weighted by Crippen LogP contribution is -2.41. The summed E-state index contributed by atoms with van der Waals surface area (Å²) in [6.07, 6.45) is 3.15. The van der Waals surface area contributed by atoms with Gasteiger partial charge in [-0.1, -0.05) is 74.9 Å². The van der Waals surface area contributed by atoms with Crippen LogP contribution in [-0.4, -0.2) is 99.1 Å². The number of aromatic nitrogens is 4. The first-order valence-electron chi connectivity index (χ1n) is 23.3. The zero-order valence-electron chi connectivity index (χ0n) is 43.8. The molecule has 0 spiro atoms. The van der Waals surface area contributed by atoms with Crippen LogP contribution in [0.3, 0.4) is 0 Å². The van der Waals surface area contributed by atoms with Gasteiger partial charge in [-0.3, -0.25) is 28.2 Å². The van der Waals surface area contributed by atoms with Gasteiger partial charge in [-0.15, -0.1) is 0 Å². The van der Waals surface area contributed by atoms with Crippen LogP contribution in [-0.2, 0) is 46.3 Å². The summed E-state index contributed by atoms with van der Waals surface area (Å²) < 4.78 is 97.5. The quantitative estimate of drug-likeness (QED) is 0.0639. The van der Waals surface area contributed by atoms with Crippen LogP contribution in [0, 0.1) is 0 Å². The molecule has 0 saturated carbocycles. The van der Waals surface area contributed by atoms with E-state index in [2.05, 4.69) is 40.2 Å². The van der Waals surface area contributed by atoms with Gasteiger partial charge in [0, 0.05) is 90.8 Å². The summed E-state index contributed by atoms with van der Waals surface area (Å²) in [6, 6.07) is 25.7. The Bertz CT molecular complexity index is 3910. The standard InChI is InChI=1S/C25H22Cl2N4O6S.C18H16BrClN4O5S.C7H7BClO3.2H3P/c1-35-22-11-15(3-5-18(22)26)17-12-23(36-2)21(13-19(17)27)31-20-7-9-30(14-16(20)4-6-25(31)32)38(33,34)29-24-8-10-37-28-24;1-28-16-8-12(19)13(20)9-15(16)24-14-4-6-23(10-11(14)2-3-18(24)25)30(26,27)22-17-5-7-29-21-17;1-11-7-4-5(12-8-10)2-3-6(7)9;;/h3-6,8,10-13H,7,9,14H2,1-2H3,(H,28,29);2-3,5,7-9H,4,6,10H2,1H3,(H,21,22);2-4,10H,1H3;2*1H3. The predicted molar refractivity (Wildman–Crippen MR) is 327 cm³/mol. The molecular weight excluding hydrogens is 1300 g/mol. The van der Waals surface area contributed by atoms with Crippen molar-refractivity contribution >= 4 is 122 Å². The van der Waals surface area contributed by atoms with Gasteiger partial charge in [-0.05, 0) is 81.2 Å². The highest BCUT2D eigenvalue weighted by Gasteiger charge is 2.32. The number of rotatable bonds is 15. The fourth-order valence-corrected chi connectivity index (χ4v) is 11.9. The van der Waals surface area contributed by atoms with Gasteiger partial charge in [0.1, 0.15) is 41.3 Å². The zero-order valence-corrected chi connectivity index (χ0v) is 52.8. The molecule has 4 aromatic heterocycles. The Balaban J connectivity index is 0.000000219. The van der Waals surface area contributed by atoms with Crippen molar-refractivity contribution in [1.29, 1.82) is 0 Å². The minimum atomic E-state index is -3.89. The summed E-state index contributed by atoms with van der Waals surface area (Å²) in [5, 5.41) is 17.3. The molecule has 82 heavy (non-hydrogen) atoms. The highest BCUT2D eigenvalue weighted by atomic mass is 79.9. The lowest BCUT2D eigenvalue weighted by molar-refractivity contribution is 0.384. The molecule has 2 unspecified atom stereocenters. The number of ether oxygens (including phenoxy) is 4. The van der Waals surface area contributed by atoms with Crippen molar-refractivity contribution in [1.82, 2.24) is 28.1 Å². The van der Waals surface area contributed by atoms with Crippen LogP contribution in [0.5, 0.6) is 28.7 Å². The van der Waals surface area contributed by atoms with Crippen molar-refractivity contribution in [3.05, 3.63) is 177 Å². The topological polar surface area (TPSA) is 261 Å². The molecule has 1 radical (unpaired) electrons. The highest BCUT2D eigenvalue weighted by Crippen LogP contribution is 2.40. The number of fused-ring (bicyclic) bond motifs is 2. The number of methoxy groups -OCH3 is 4. The Hall–Kier alpha value is -5.86. The molecule has 32 heteroatoms. The van der Waals surface area contributed by atoms with Gasteiger partial charge in [-0.2, -0.15) is 45.2 Å². The van der Waals surface area contributed by atoms with E-state index in [0.717, 1.165) is 5.56 Å². The molecule has 22 nitrogen and oxygen atoms in total. The fraction of sp³-hybridized carbons (Fsp3) is 0.200. The normalized spacial score (nSPS) is 13.0. The van der Waals surface area contributed by atoms with Crippen molar-refractivity contribution in [2.45, 2.75) is 25.9 Å². The van der Waals surface area contributed by atoms with Gasteiger partial charge < -0.3 is 37.7 Å². The lowest BCUT2D eigenvalue weighted by Gasteiger charge is -2.30. The average Bonchev–Trinajstić information content (AvgIpc) is 4.30. The molecule has 10 rings (SSSR count). The molecule has 0 aliphatic carbocycles. The lowest BCUT2D eigenvalue weighted by atomic mass is 10.0. The summed E-state index contributed by atoms with van der Waals surface area (Å²) in [4.78, 5) is 25.8. The van der Waals surface area contributed by atoms with Crippen molar-refractivity contribution in [2.75, 3.05) is 51.0 Å². The van der Waals surface area contributed by atoms with E-state index >= 15 is 0 Å². The van der Waals surface area contributed by atoms with Gasteiger partial charge in [0.15, 0.2) is 11.6 Å². The second-order valence-electron chi connectivity index (χ2n) is 16.9. The molecule has 4 aromatic carbocycles. The summed E-state index contributed by atoms with van der Waals surface area (Å²) >= 11 is 28.2. The van der Waals surface area contributed by atoms with Crippen LogP contribution in [0.4, 0.5) is 11.6 Å². The number of halogens is 5. The Morgan fingerprint density at radius 1 is 0.585 bits per heavy atom. The fourth-order valence-electron chi connectivity index (χ4n) is 8.49. The largest absolute Gasteiger partial charge is 0.569 e. The molecule has 6 heterocycles. The molecule has 2 aliphatic rings. The van der Waals surface area contributed by atoms with Crippen molar-refractivity contribution in [2.24, 2.45) is 0 Å². The number of hydrogen-bond acceptors (Lipinski definition) is 16. The number of nitrogens with one attached hydrogen (secondary N) is 2. The van der Waals surface area contributed by atoms with E-state index < -0.39 is 20.4 Å². The van der Waals surface area contributed by atoms with Gasteiger partial charge >= 0.3 is 28.1 Å². The summed E-state index contributed by atoms with van der Waals surface area (Å²) in [5.41, 5.74) is 4.54. The second kappa shape index (κ2) is 28.6. The molecule has 0 amide bonds. The maximum atomic E-state index is 13.1. The van der Waals surface area contributed by atoms with Gasteiger partial charge in [0.2, 0.25) is 0 Å². The van der Waals surface area contributed by atoms with E-state index in [1.54, 1.807) is 66.7 Å². The summed E-state index contributed by atoms with van der Waals surface area (Å²) in [7, 11) is -1.09. The molecule has 2 aliphatic heterocycles. The molecule has 3 N–H and O–H groups in total. The Labute approximate surface area is 506 Å². The van der Waals surface area contributed by atoms with E-state index in [1.807, 2.05) is 6.07 Å². The number of hydrogen-bond donors (Lipinski definition) is 3. The molecule has 2 atom stereocenters. The van der Waals surface area contributed by atoms with Crippen LogP contribution in [0.15, 0.2) is 133 Å². The number of benzene rings is 4. The van der Waals surface area contributed by atoms with E-state index in [4.69, 9.17) is 79.6 Å². The van der Waals surface area contributed by atoms with E-state index in [9.17, 15) is 26.4 Å². The third kappa shape index (κ3) is 14.9. The number of anilines is 2. The smallest absolute Gasteiger partial charge is 0.537 e. The Morgan fingerprint density at radius 2 is 1.05 bits per heavy atom. The molecule has 0 saturated heterocycles. The molecule has 0 bridgehead atoms. The first-order valence-corrected chi connectivity index (χ1v) is 28.5. The van der Waals surface area contributed by atoms with Gasteiger partial charge in [0.05, 0.1) is 59.9 Å². The number of nitrogens with zero attached hydrogens (tertiary/aromatic N) is 6. The Morgan fingerprint density at radius 3 is 1.51 bits per heavy atom. The van der Waals surface area contributed by atoms with Gasteiger partial charge in [0.25, 0.3) is 11.1 Å². The number of pyridine rings is 2. The second-order valence-corrected chi connectivity index (χ2v) is 22.7. The van der Waals surface area contributed by atoms with Gasteiger partial charge in [-0.25, -0.2) is 0 Å². The van der Waals surface area contributed by atoms with Crippen LogP contribution < -0.4 is 44.2 Å².